The zero-order valence-electron chi connectivity index (χ0n) is 11.0. The second kappa shape index (κ2) is 8.36. The molecule has 7 nitrogen and oxygen atoms in total. The summed E-state index contributed by atoms with van der Waals surface area (Å²) in [5.74, 6) is 4.56. The quantitative estimate of drug-likeness (QED) is 0.325. The maximum absolute atomic E-state index is 11.9. The number of hydrogen-bond donors (Lipinski definition) is 4. The van der Waals surface area contributed by atoms with Crippen molar-refractivity contribution in [3.63, 3.8) is 0 Å². The Morgan fingerprint density at radius 3 is 2.75 bits per heavy atom. The fraction of sp³-hybridized carbons (Fsp3) is 0.333. The third-order valence-electron chi connectivity index (χ3n) is 2.42. The monoisotopic (exact) mass is 300 g/mol. The lowest BCUT2D eigenvalue weighted by molar-refractivity contribution is -0.120. The zero-order valence-corrected chi connectivity index (χ0v) is 11.8. The Bertz CT molecular complexity index is 482. The summed E-state index contributed by atoms with van der Waals surface area (Å²) in [6.07, 6.45) is 0. The van der Waals surface area contributed by atoms with Crippen molar-refractivity contribution < 1.29 is 14.3 Å². The van der Waals surface area contributed by atoms with E-state index in [1.165, 1.54) is 13.2 Å². The maximum Gasteiger partial charge on any atom is 0.253 e. The molecule has 5 N–H and O–H groups in total. The Hall–Kier alpha value is -1.83. The standard InChI is InChI=1S/C12H17ClN4O3/c1-20-5-4-15-11(18)7-16-12(19)9-6-8(13)2-3-10(9)17-14/h2-3,6,17H,4-5,7,14H2,1H3,(H,15,18)(H,16,19). The first kappa shape index (κ1) is 16.2. The van der Waals surface area contributed by atoms with Gasteiger partial charge in [-0.1, -0.05) is 11.6 Å². The van der Waals surface area contributed by atoms with Crippen LogP contribution in [0.1, 0.15) is 10.4 Å². The van der Waals surface area contributed by atoms with Crippen LogP contribution in [0.4, 0.5) is 5.69 Å². The van der Waals surface area contributed by atoms with E-state index in [9.17, 15) is 9.59 Å². The van der Waals surface area contributed by atoms with E-state index >= 15 is 0 Å². The smallest absolute Gasteiger partial charge is 0.253 e. The summed E-state index contributed by atoms with van der Waals surface area (Å²) in [6.45, 7) is 0.659. The summed E-state index contributed by atoms with van der Waals surface area (Å²) in [6, 6.07) is 4.65. The van der Waals surface area contributed by atoms with E-state index < -0.39 is 5.91 Å². The van der Waals surface area contributed by atoms with Gasteiger partial charge in [-0.15, -0.1) is 0 Å². The summed E-state index contributed by atoms with van der Waals surface area (Å²) in [7, 11) is 1.54. The number of rotatable bonds is 7. The summed E-state index contributed by atoms with van der Waals surface area (Å²) in [5.41, 5.74) is 3.09. The largest absolute Gasteiger partial charge is 0.383 e. The molecule has 0 fully saturated rings. The fourth-order valence-corrected chi connectivity index (χ4v) is 1.61. The first-order valence-corrected chi connectivity index (χ1v) is 6.26. The number of hydrazine groups is 1. The second-order valence-electron chi connectivity index (χ2n) is 3.86. The molecule has 0 unspecified atom stereocenters. The Balaban J connectivity index is 2.54. The molecule has 1 aromatic rings. The maximum atomic E-state index is 11.9. The minimum atomic E-state index is -0.442. The molecule has 0 saturated heterocycles. The number of anilines is 1. The van der Waals surface area contributed by atoms with Gasteiger partial charge in [-0.3, -0.25) is 15.4 Å². The van der Waals surface area contributed by atoms with E-state index in [0.29, 0.717) is 23.9 Å². The van der Waals surface area contributed by atoms with Gasteiger partial charge in [0.1, 0.15) is 0 Å². The van der Waals surface area contributed by atoms with Gasteiger partial charge in [0, 0.05) is 18.7 Å². The Labute approximate surface area is 121 Å². The molecule has 8 heteroatoms. The molecule has 110 valence electrons. The van der Waals surface area contributed by atoms with E-state index in [0.717, 1.165) is 0 Å². The lowest BCUT2D eigenvalue weighted by Gasteiger charge is -2.10. The van der Waals surface area contributed by atoms with E-state index in [-0.39, 0.29) is 18.0 Å². The first-order chi connectivity index (χ1) is 9.58. The molecule has 0 aliphatic carbocycles. The van der Waals surface area contributed by atoms with Crippen molar-refractivity contribution in [1.82, 2.24) is 10.6 Å². The lowest BCUT2D eigenvalue weighted by Crippen LogP contribution is -2.38. The molecule has 2 amide bonds. The second-order valence-corrected chi connectivity index (χ2v) is 4.30. The molecule has 1 aromatic carbocycles. The van der Waals surface area contributed by atoms with Crippen LogP contribution in [0, 0.1) is 0 Å². The van der Waals surface area contributed by atoms with Gasteiger partial charge in [0.2, 0.25) is 5.91 Å². The van der Waals surface area contributed by atoms with Crippen LogP contribution in [0.3, 0.4) is 0 Å². The molecular weight excluding hydrogens is 284 g/mol. The Morgan fingerprint density at radius 1 is 1.35 bits per heavy atom. The van der Waals surface area contributed by atoms with Crippen molar-refractivity contribution in [2.75, 3.05) is 32.2 Å². The molecule has 0 saturated carbocycles. The number of methoxy groups -OCH3 is 1. The van der Waals surface area contributed by atoms with Gasteiger partial charge in [-0.05, 0) is 18.2 Å². The molecule has 0 aliphatic rings. The van der Waals surface area contributed by atoms with Crippen molar-refractivity contribution >= 4 is 29.1 Å². The lowest BCUT2D eigenvalue weighted by atomic mass is 10.1. The Morgan fingerprint density at radius 2 is 2.10 bits per heavy atom. The highest BCUT2D eigenvalue weighted by atomic mass is 35.5. The zero-order chi connectivity index (χ0) is 15.0. The van der Waals surface area contributed by atoms with Gasteiger partial charge in [-0.25, -0.2) is 0 Å². The summed E-state index contributed by atoms with van der Waals surface area (Å²) >= 11 is 5.82. The third-order valence-corrected chi connectivity index (χ3v) is 2.65. The molecule has 20 heavy (non-hydrogen) atoms. The normalized spacial score (nSPS) is 9.95. The van der Waals surface area contributed by atoms with Crippen LogP contribution in [0.2, 0.25) is 5.02 Å². The van der Waals surface area contributed by atoms with Crippen LogP contribution in [-0.2, 0) is 9.53 Å². The van der Waals surface area contributed by atoms with Crippen LogP contribution in [0.25, 0.3) is 0 Å². The number of carbonyl (C=O) groups is 2. The van der Waals surface area contributed by atoms with Gasteiger partial charge in [0.25, 0.3) is 5.91 Å². The molecular formula is C12H17ClN4O3. The van der Waals surface area contributed by atoms with Crippen molar-refractivity contribution in [1.29, 1.82) is 0 Å². The molecule has 0 spiro atoms. The molecule has 1 rings (SSSR count). The number of nitrogens with one attached hydrogen (secondary N) is 3. The van der Waals surface area contributed by atoms with Crippen molar-refractivity contribution in [2.45, 2.75) is 0 Å². The van der Waals surface area contributed by atoms with Crippen LogP contribution >= 0.6 is 11.6 Å². The van der Waals surface area contributed by atoms with E-state index in [1.807, 2.05) is 0 Å². The average Bonchev–Trinajstić information content (AvgIpc) is 2.45. The third kappa shape index (κ3) is 5.04. The van der Waals surface area contributed by atoms with E-state index in [4.69, 9.17) is 22.2 Å². The SMILES string of the molecule is COCCNC(=O)CNC(=O)c1cc(Cl)ccc1NN. The predicted octanol–water partition coefficient (Wildman–Crippen LogP) is 0.118. The Kier molecular flexibility index (Phi) is 6.78. The average molecular weight is 301 g/mol. The van der Waals surface area contributed by atoms with Crippen molar-refractivity contribution in [3.8, 4) is 0 Å². The number of benzene rings is 1. The number of carbonyl (C=O) groups excluding carboxylic acids is 2. The van der Waals surface area contributed by atoms with Gasteiger partial charge >= 0.3 is 0 Å². The van der Waals surface area contributed by atoms with Crippen LogP contribution in [-0.4, -0.2) is 38.6 Å². The van der Waals surface area contributed by atoms with Gasteiger partial charge in [0.05, 0.1) is 24.4 Å². The van der Waals surface area contributed by atoms with E-state index in [2.05, 4.69) is 16.1 Å². The van der Waals surface area contributed by atoms with Crippen molar-refractivity contribution in [3.05, 3.63) is 28.8 Å². The highest BCUT2D eigenvalue weighted by Crippen LogP contribution is 2.19. The van der Waals surface area contributed by atoms with Gasteiger partial charge < -0.3 is 20.8 Å². The minimum Gasteiger partial charge on any atom is -0.383 e. The number of halogens is 1. The topological polar surface area (TPSA) is 105 Å². The summed E-state index contributed by atoms with van der Waals surface area (Å²) in [5, 5.41) is 5.47. The fourth-order valence-electron chi connectivity index (χ4n) is 1.44. The highest BCUT2D eigenvalue weighted by molar-refractivity contribution is 6.31. The number of nitrogen functional groups attached to an aromatic ring is 1. The predicted molar refractivity (Wildman–Crippen MR) is 76.5 cm³/mol. The highest BCUT2D eigenvalue weighted by Gasteiger charge is 2.12. The van der Waals surface area contributed by atoms with Gasteiger partial charge in [0.15, 0.2) is 0 Å². The van der Waals surface area contributed by atoms with Crippen LogP contribution < -0.4 is 21.9 Å². The molecule has 0 aliphatic heterocycles. The number of nitrogens with two attached hydrogens (primary N) is 1. The number of ether oxygens (including phenoxy) is 1. The molecule has 0 aromatic heterocycles. The molecule has 0 radical (unpaired) electrons. The number of amides is 2. The van der Waals surface area contributed by atoms with Gasteiger partial charge in [-0.2, -0.15) is 0 Å². The summed E-state index contributed by atoms with van der Waals surface area (Å²) in [4.78, 5) is 23.4. The first-order valence-electron chi connectivity index (χ1n) is 5.88. The van der Waals surface area contributed by atoms with E-state index in [1.54, 1.807) is 12.1 Å². The summed E-state index contributed by atoms with van der Waals surface area (Å²) < 4.78 is 4.79. The van der Waals surface area contributed by atoms with Crippen LogP contribution in [0.15, 0.2) is 18.2 Å². The molecule has 0 heterocycles. The molecule has 0 bridgehead atoms. The number of hydrogen-bond acceptors (Lipinski definition) is 5. The molecule has 0 atom stereocenters. The minimum absolute atomic E-state index is 0.140. The van der Waals surface area contributed by atoms with Crippen LogP contribution in [0.5, 0.6) is 0 Å². The van der Waals surface area contributed by atoms with Crippen molar-refractivity contribution in [2.24, 2.45) is 5.84 Å².